The quantitative estimate of drug-likeness (QED) is 0.390. The minimum atomic E-state index is -0.396. The van der Waals surface area contributed by atoms with Gasteiger partial charge in [-0.1, -0.05) is 47.5 Å². The van der Waals surface area contributed by atoms with E-state index in [1.807, 2.05) is 31.2 Å². The highest BCUT2D eigenvalue weighted by Crippen LogP contribution is 2.36. The molecule has 2 aromatic carbocycles. The molecule has 4 aromatic rings. The normalized spacial score (nSPS) is 11.2. The highest BCUT2D eigenvalue weighted by molar-refractivity contribution is 7.21. The molecule has 0 saturated heterocycles. The highest BCUT2D eigenvalue weighted by atomic mass is 35.5. The Bertz CT molecular complexity index is 1230. The first-order valence-electron chi connectivity index (χ1n) is 8.82. The first-order chi connectivity index (χ1) is 13.9. The molecular weight excluding hydrogens is 432 g/mol. The summed E-state index contributed by atoms with van der Waals surface area (Å²) in [5, 5.41) is 8.97. The summed E-state index contributed by atoms with van der Waals surface area (Å²) in [6.45, 7) is 3.77. The molecule has 0 aliphatic rings. The maximum absolute atomic E-state index is 14.1. The van der Waals surface area contributed by atoms with E-state index in [9.17, 15) is 9.18 Å². The topological polar surface area (TPSA) is 46.9 Å². The zero-order valence-corrected chi connectivity index (χ0v) is 17.9. The van der Waals surface area contributed by atoms with Gasteiger partial charge in [-0.15, -0.1) is 11.3 Å². The maximum atomic E-state index is 14.1. The van der Waals surface area contributed by atoms with Gasteiger partial charge in [0.2, 0.25) is 0 Å². The van der Waals surface area contributed by atoms with E-state index in [2.05, 4.69) is 10.4 Å². The largest absolute Gasteiger partial charge is 0.318 e. The number of rotatable bonds is 4. The summed E-state index contributed by atoms with van der Waals surface area (Å²) in [6.07, 6.45) is 0. The van der Waals surface area contributed by atoms with Crippen molar-refractivity contribution in [3.63, 3.8) is 0 Å². The van der Waals surface area contributed by atoms with Crippen molar-refractivity contribution in [2.75, 3.05) is 5.32 Å². The van der Waals surface area contributed by atoms with Gasteiger partial charge in [0.1, 0.15) is 10.7 Å². The zero-order chi connectivity index (χ0) is 20.7. The monoisotopic (exact) mass is 447 g/mol. The first kappa shape index (κ1) is 19.9. The average Bonchev–Trinajstić information content (AvgIpc) is 3.16. The van der Waals surface area contributed by atoms with E-state index in [0.29, 0.717) is 37.6 Å². The van der Waals surface area contributed by atoms with Gasteiger partial charge in [0.15, 0.2) is 0 Å². The number of carbonyl (C=O) groups excluding carboxylic acids is 1. The molecule has 0 bridgehead atoms. The van der Waals surface area contributed by atoms with E-state index in [4.69, 9.17) is 23.2 Å². The smallest absolute Gasteiger partial charge is 0.267 e. The van der Waals surface area contributed by atoms with Crippen LogP contribution >= 0.6 is 34.5 Å². The summed E-state index contributed by atoms with van der Waals surface area (Å²) in [6, 6.07) is 12.2. The van der Waals surface area contributed by atoms with Gasteiger partial charge in [0.05, 0.1) is 28.6 Å². The van der Waals surface area contributed by atoms with E-state index < -0.39 is 5.82 Å². The molecule has 0 saturated carbocycles. The van der Waals surface area contributed by atoms with Gasteiger partial charge in [-0.2, -0.15) is 5.10 Å². The molecule has 148 valence electrons. The lowest BCUT2D eigenvalue weighted by molar-refractivity contribution is 0.103. The Morgan fingerprint density at radius 2 is 1.93 bits per heavy atom. The molecule has 0 spiro atoms. The molecule has 0 aliphatic heterocycles. The van der Waals surface area contributed by atoms with Crippen LogP contribution in [0.3, 0.4) is 0 Å². The summed E-state index contributed by atoms with van der Waals surface area (Å²) in [5.41, 5.74) is 2.26. The predicted octanol–water partition coefficient (Wildman–Crippen LogP) is 6.46. The van der Waals surface area contributed by atoms with Crippen LogP contribution in [0.5, 0.6) is 0 Å². The molecule has 0 aliphatic carbocycles. The Morgan fingerprint density at radius 1 is 1.17 bits per heavy atom. The Balaban J connectivity index is 1.64. The van der Waals surface area contributed by atoms with Gasteiger partial charge >= 0.3 is 0 Å². The molecule has 8 heteroatoms. The van der Waals surface area contributed by atoms with Gasteiger partial charge in [0, 0.05) is 20.7 Å². The van der Waals surface area contributed by atoms with Crippen molar-refractivity contribution in [1.82, 2.24) is 9.78 Å². The summed E-state index contributed by atoms with van der Waals surface area (Å²) in [5.74, 6) is -0.696. The Labute approximate surface area is 180 Å². The highest BCUT2D eigenvalue weighted by Gasteiger charge is 2.21. The Hall–Kier alpha value is -2.41. The number of fused-ring (bicyclic) bond motifs is 1. The molecule has 1 N–H and O–H groups in total. The lowest BCUT2D eigenvalue weighted by atomic mass is 10.2. The van der Waals surface area contributed by atoms with Crippen LogP contribution in [0.25, 0.3) is 10.1 Å². The summed E-state index contributed by atoms with van der Waals surface area (Å²) in [4.78, 5) is 13.3. The van der Waals surface area contributed by atoms with Crippen LogP contribution < -0.4 is 5.32 Å². The molecule has 4 rings (SSSR count). The van der Waals surface area contributed by atoms with E-state index in [1.165, 1.54) is 17.4 Å². The van der Waals surface area contributed by atoms with Crippen LogP contribution in [-0.4, -0.2) is 15.7 Å². The number of carbonyl (C=O) groups is 1. The Morgan fingerprint density at radius 3 is 2.66 bits per heavy atom. The number of hydrogen-bond acceptors (Lipinski definition) is 3. The lowest BCUT2D eigenvalue weighted by Crippen LogP contribution is -2.12. The third-order valence-corrected chi connectivity index (χ3v) is 6.76. The van der Waals surface area contributed by atoms with Crippen molar-refractivity contribution in [2.24, 2.45) is 0 Å². The van der Waals surface area contributed by atoms with Gasteiger partial charge in [-0.05, 0) is 32.0 Å². The number of anilines is 1. The fraction of sp³-hybridized carbons (Fsp3) is 0.143. The number of aromatic nitrogens is 2. The summed E-state index contributed by atoms with van der Waals surface area (Å²) >= 11 is 13.9. The van der Waals surface area contributed by atoms with E-state index in [1.54, 1.807) is 23.7 Å². The molecule has 2 aromatic heterocycles. The molecule has 29 heavy (non-hydrogen) atoms. The number of nitrogens with one attached hydrogen (secondary N) is 1. The number of aryl methyl sites for hydroxylation is 1. The second-order valence-corrected chi connectivity index (χ2v) is 8.44. The number of thiophene rings is 1. The zero-order valence-electron chi connectivity index (χ0n) is 15.6. The minimum absolute atomic E-state index is 0.164. The van der Waals surface area contributed by atoms with Crippen molar-refractivity contribution in [2.45, 2.75) is 20.4 Å². The van der Waals surface area contributed by atoms with Crippen molar-refractivity contribution >= 4 is 56.2 Å². The van der Waals surface area contributed by atoms with Crippen LogP contribution in [-0.2, 0) is 6.54 Å². The van der Waals surface area contributed by atoms with Crippen molar-refractivity contribution in [3.8, 4) is 0 Å². The third-order valence-electron chi connectivity index (χ3n) is 4.73. The molecule has 0 radical (unpaired) electrons. The molecule has 0 unspecified atom stereocenters. The number of benzene rings is 2. The van der Waals surface area contributed by atoms with Crippen LogP contribution in [0, 0.1) is 19.7 Å². The number of hydrogen-bond donors (Lipinski definition) is 1. The van der Waals surface area contributed by atoms with Crippen LogP contribution in [0.4, 0.5) is 10.1 Å². The van der Waals surface area contributed by atoms with Gasteiger partial charge in [-0.3, -0.25) is 9.48 Å². The fourth-order valence-corrected chi connectivity index (χ4v) is 4.83. The molecule has 0 fully saturated rings. The lowest BCUT2D eigenvalue weighted by Gasteiger charge is -2.09. The van der Waals surface area contributed by atoms with E-state index >= 15 is 0 Å². The second kappa shape index (κ2) is 7.78. The number of amides is 1. The summed E-state index contributed by atoms with van der Waals surface area (Å²) in [7, 11) is 0. The summed E-state index contributed by atoms with van der Waals surface area (Å²) < 4.78 is 16.7. The first-order valence-corrected chi connectivity index (χ1v) is 10.4. The van der Waals surface area contributed by atoms with Gasteiger partial charge in [-0.25, -0.2) is 4.39 Å². The van der Waals surface area contributed by atoms with Crippen molar-refractivity contribution < 1.29 is 9.18 Å². The second-order valence-electron chi connectivity index (χ2n) is 6.60. The third kappa shape index (κ3) is 3.64. The molecule has 4 nitrogen and oxygen atoms in total. The number of halogens is 3. The van der Waals surface area contributed by atoms with Crippen molar-refractivity contribution in [3.05, 3.63) is 80.2 Å². The van der Waals surface area contributed by atoms with E-state index in [-0.39, 0.29) is 12.5 Å². The molecular formula is C21H16Cl2FN3OS. The van der Waals surface area contributed by atoms with Crippen LogP contribution in [0.2, 0.25) is 10.0 Å². The van der Waals surface area contributed by atoms with Crippen LogP contribution in [0.15, 0.2) is 42.5 Å². The number of nitrogens with zero attached hydrogens (tertiary/aromatic N) is 2. The average molecular weight is 448 g/mol. The van der Waals surface area contributed by atoms with Crippen LogP contribution in [0.1, 0.15) is 26.6 Å². The SMILES string of the molecule is Cc1nn(Cc2c(F)cccc2Cl)c(C)c1NC(=O)c1sc2ccccc2c1Cl. The molecule has 0 atom stereocenters. The maximum Gasteiger partial charge on any atom is 0.267 e. The minimum Gasteiger partial charge on any atom is -0.318 e. The van der Waals surface area contributed by atoms with E-state index in [0.717, 1.165) is 10.1 Å². The standard InChI is InChI=1S/C21H16Cl2FN3OS/c1-11-19(12(2)27(26-11)10-14-15(22)7-5-8-16(14)24)25-21(28)20-18(23)13-6-3-4-9-17(13)29-20/h3-9H,10H2,1-2H3,(H,25,28). The van der Waals surface area contributed by atoms with Crippen molar-refractivity contribution in [1.29, 1.82) is 0 Å². The predicted molar refractivity (Wildman–Crippen MR) is 117 cm³/mol. The molecule has 1 amide bonds. The Kier molecular flexibility index (Phi) is 5.34. The van der Waals surface area contributed by atoms with Gasteiger partial charge < -0.3 is 5.32 Å². The molecule has 2 heterocycles. The van der Waals surface area contributed by atoms with Gasteiger partial charge in [0.25, 0.3) is 5.91 Å². The fourth-order valence-electron chi connectivity index (χ4n) is 3.20.